The lowest BCUT2D eigenvalue weighted by Crippen LogP contribution is -2.39. The summed E-state index contributed by atoms with van der Waals surface area (Å²) in [7, 11) is 13.5. The number of anilines is 1. The molecule has 10 heteroatoms. The molecule has 38 heavy (non-hydrogen) atoms. The molecule has 206 valence electrons. The number of ether oxygens (including phenoxy) is 4. The Bertz CT molecular complexity index is 1250. The van der Waals surface area contributed by atoms with E-state index in [1.165, 1.54) is 0 Å². The first-order valence-electron chi connectivity index (χ1n) is 12.0. The lowest BCUT2D eigenvalue weighted by Gasteiger charge is -2.35. The monoisotopic (exact) mass is 559 g/mol. The lowest BCUT2D eigenvalue weighted by atomic mass is 10.3. The van der Waals surface area contributed by atoms with Gasteiger partial charge in [-0.25, -0.2) is 9.34 Å². The van der Waals surface area contributed by atoms with E-state index in [2.05, 4.69) is 6.07 Å². The van der Waals surface area contributed by atoms with Crippen LogP contribution in [0, 0.1) is 0 Å². The zero-order valence-corrected chi connectivity index (χ0v) is 25.8. The molecule has 0 heterocycles. The number of rotatable bonds is 11. The molecule has 0 aromatic heterocycles. The van der Waals surface area contributed by atoms with Crippen molar-refractivity contribution in [3.05, 3.63) is 54.6 Å². The van der Waals surface area contributed by atoms with Gasteiger partial charge in [0.15, 0.2) is 0 Å². The molecule has 0 spiro atoms. The van der Waals surface area contributed by atoms with Gasteiger partial charge in [0.05, 0.1) is 28.4 Å². The fraction of sp³-hybridized carbons (Fsp3) is 0.357. The molecule has 0 unspecified atom stereocenters. The molecule has 0 amide bonds. The predicted octanol–water partition coefficient (Wildman–Crippen LogP) is 3.49. The second-order valence-electron chi connectivity index (χ2n) is 9.22. The van der Waals surface area contributed by atoms with Gasteiger partial charge in [-0.1, -0.05) is 0 Å². The Labute approximate surface area is 228 Å². The topological polar surface area (TPSA) is 63.7 Å². The first-order chi connectivity index (χ1) is 18.0. The fourth-order valence-electron chi connectivity index (χ4n) is 4.33. The quantitative estimate of drug-likeness (QED) is 0.331. The summed E-state index contributed by atoms with van der Waals surface area (Å²) < 4.78 is 41.1. The van der Waals surface area contributed by atoms with Crippen molar-refractivity contribution in [3.63, 3.8) is 0 Å². The van der Waals surface area contributed by atoms with E-state index in [-0.39, 0.29) is 0 Å². The lowest BCUT2D eigenvalue weighted by molar-refractivity contribution is 0.396. The maximum absolute atomic E-state index is 14.7. The van der Waals surface area contributed by atoms with Crippen molar-refractivity contribution >= 4 is 42.3 Å². The van der Waals surface area contributed by atoms with E-state index in [0.29, 0.717) is 23.0 Å². The maximum Gasteiger partial charge on any atom is 0.245 e. The van der Waals surface area contributed by atoms with Gasteiger partial charge in [0, 0.05) is 53.1 Å². The molecule has 0 aliphatic heterocycles. The van der Waals surface area contributed by atoms with Crippen LogP contribution in [0.4, 0.5) is 5.69 Å². The van der Waals surface area contributed by atoms with E-state index in [4.69, 9.17) is 18.9 Å². The third-order valence-electron chi connectivity index (χ3n) is 6.37. The number of hydrogen-bond donors (Lipinski definition) is 0. The summed E-state index contributed by atoms with van der Waals surface area (Å²) in [5, 5.41) is 3.62. The predicted molar refractivity (Wildman–Crippen MR) is 160 cm³/mol. The summed E-state index contributed by atoms with van der Waals surface area (Å²) >= 11 is 0. The summed E-state index contributed by atoms with van der Waals surface area (Å²) in [6.07, 6.45) is 0. The Hall–Kier alpha value is -2.76. The zero-order valence-electron chi connectivity index (χ0n) is 24.0. The Balaban J connectivity index is 2.52. The molecule has 0 fully saturated rings. The van der Waals surface area contributed by atoms with E-state index < -0.39 is 15.4 Å². The summed E-state index contributed by atoms with van der Waals surface area (Å²) in [5.41, 5.74) is 1.00. The van der Waals surface area contributed by atoms with E-state index in [0.717, 1.165) is 26.9 Å². The van der Waals surface area contributed by atoms with Gasteiger partial charge in [-0.3, -0.25) is 4.57 Å². The first kappa shape index (κ1) is 29.8. The normalized spacial score (nSPS) is 11.7. The Kier molecular flexibility index (Phi) is 9.72. The second kappa shape index (κ2) is 12.4. The molecular weight excluding hydrogens is 520 g/mol. The molecule has 3 aromatic carbocycles. The van der Waals surface area contributed by atoms with Crippen LogP contribution >= 0.6 is 15.4 Å². The molecule has 0 atom stereocenters. The van der Waals surface area contributed by atoms with Crippen molar-refractivity contribution in [2.75, 3.05) is 75.6 Å². The highest BCUT2D eigenvalue weighted by Gasteiger charge is 2.37. The number of benzene rings is 3. The van der Waals surface area contributed by atoms with Crippen molar-refractivity contribution < 1.29 is 23.5 Å². The molecule has 0 saturated heterocycles. The van der Waals surface area contributed by atoms with Crippen molar-refractivity contribution in [3.8, 4) is 23.0 Å². The fourth-order valence-corrected chi connectivity index (χ4v) is 9.78. The Morgan fingerprint density at radius 1 is 0.605 bits per heavy atom. The average molecular weight is 560 g/mol. The summed E-state index contributed by atoms with van der Waals surface area (Å²) in [5.74, 6) is 2.74. The average Bonchev–Trinajstić information content (AvgIpc) is 2.92. The molecule has 3 aromatic rings. The highest BCUT2D eigenvalue weighted by atomic mass is 31.2. The van der Waals surface area contributed by atoms with Gasteiger partial charge >= 0.3 is 0 Å². The third kappa shape index (κ3) is 5.64. The van der Waals surface area contributed by atoms with Crippen molar-refractivity contribution in [2.24, 2.45) is 0 Å². The Morgan fingerprint density at radius 3 is 1.45 bits per heavy atom. The van der Waals surface area contributed by atoms with Gasteiger partial charge in [0.25, 0.3) is 0 Å². The first-order valence-corrected chi connectivity index (χ1v) is 15.0. The van der Waals surface area contributed by atoms with Crippen molar-refractivity contribution in [1.29, 1.82) is 0 Å². The number of nitrogens with zero attached hydrogens (tertiary/aromatic N) is 3. The molecule has 8 nitrogen and oxygen atoms in total. The summed E-state index contributed by atoms with van der Waals surface area (Å²) in [6, 6.07) is 17.8. The van der Waals surface area contributed by atoms with Crippen LogP contribution in [-0.2, 0) is 4.57 Å². The summed E-state index contributed by atoms with van der Waals surface area (Å²) in [6.45, 7) is 0. The van der Waals surface area contributed by atoms with Crippen LogP contribution in [0.15, 0.2) is 54.6 Å². The molecule has 0 aliphatic rings. The molecule has 0 aliphatic carbocycles. The van der Waals surface area contributed by atoms with Gasteiger partial charge in [-0.05, 0) is 78.6 Å². The molecule has 0 bridgehead atoms. The smallest absolute Gasteiger partial charge is 0.245 e. The highest BCUT2D eigenvalue weighted by molar-refractivity contribution is 7.82. The Morgan fingerprint density at radius 2 is 1.08 bits per heavy atom. The molecule has 3 rings (SSSR count). The zero-order chi connectivity index (χ0) is 28.2. The van der Waals surface area contributed by atoms with Gasteiger partial charge < -0.3 is 23.8 Å². The van der Waals surface area contributed by atoms with E-state index in [1.54, 1.807) is 28.4 Å². The van der Waals surface area contributed by atoms with Crippen molar-refractivity contribution in [2.45, 2.75) is 0 Å². The van der Waals surface area contributed by atoms with E-state index >= 15 is 0 Å². The minimum atomic E-state index is -3.14. The standard InChI is InChI=1S/C28H39N3O5P2/c1-29(2)20-11-16-28(38(32,30(3)4)31(5)6)27(17-20)37(25-14-12-21(33-7)18-23(25)35-9)26-15-13-22(34-8)19-24(26)36-10/h11-19H,1-10H3. The largest absolute Gasteiger partial charge is 0.497 e. The minimum Gasteiger partial charge on any atom is -0.497 e. The van der Waals surface area contributed by atoms with E-state index in [1.807, 2.05) is 105 Å². The van der Waals surface area contributed by atoms with Gasteiger partial charge in [-0.2, -0.15) is 0 Å². The number of methoxy groups -OCH3 is 4. The van der Waals surface area contributed by atoms with Crippen LogP contribution in [0.1, 0.15) is 0 Å². The minimum absolute atomic E-state index is 0.680. The maximum atomic E-state index is 14.7. The van der Waals surface area contributed by atoms with Gasteiger partial charge in [0.1, 0.15) is 23.0 Å². The van der Waals surface area contributed by atoms with Crippen LogP contribution < -0.4 is 45.1 Å². The van der Waals surface area contributed by atoms with E-state index in [9.17, 15) is 4.57 Å². The molecule has 0 radical (unpaired) electrons. The van der Waals surface area contributed by atoms with Gasteiger partial charge in [-0.15, -0.1) is 0 Å². The van der Waals surface area contributed by atoms with Crippen molar-refractivity contribution in [1.82, 2.24) is 9.34 Å². The third-order valence-corrected chi connectivity index (χ3v) is 12.3. The van der Waals surface area contributed by atoms with Crippen LogP contribution in [0.3, 0.4) is 0 Å². The van der Waals surface area contributed by atoms with Crippen LogP contribution in [-0.4, -0.2) is 80.1 Å². The molecule has 0 saturated carbocycles. The van der Waals surface area contributed by atoms with Gasteiger partial charge in [0.2, 0.25) is 7.44 Å². The summed E-state index contributed by atoms with van der Waals surface area (Å²) in [4.78, 5) is 2.05. The van der Waals surface area contributed by atoms with Crippen LogP contribution in [0.25, 0.3) is 0 Å². The van der Waals surface area contributed by atoms with Crippen LogP contribution in [0.5, 0.6) is 23.0 Å². The van der Waals surface area contributed by atoms with Crippen LogP contribution in [0.2, 0.25) is 0 Å². The second-order valence-corrected chi connectivity index (χ2v) is 14.5. The highest BCUT2D eigenvalue weighted by Crippen LogP contribution is 2.51. The SMILES string of the molecule is COc1ccc(P(c2ccc(OC)cc2OC)c2cc(N(C)C)ccc2P(=O)(N(C)C)N(C)C)c(OC)c1. The molecule has 0 N–H and O–H groups in total. The molecular formula is C28H39N3O5P2. The number of hydrogen-bond acceptors (Lipinski definition) is 6.